The van der Waals surface area contributed by atoms with E-state index in [0.29, 0.717) is 12.2 Å². The highest BCUT2D eigenvalue weighted by Gasteiger charge is 2.27. The van der Waals surface area contributed by atoms with Crippen LogP contribution in [0.25, 0.3) is 11.1 Å². The second-order valence-corrected chi connectivity index (χ2v) is 11.9. The second kappa shape index (κ2) is 16.4. The van der Waals surface area contributed by atoms with E-state index in [0.717, 1.165) is 27.8 Å². The van der Waals surface area contributed by atoms with Crippen LogP contribution in [0.4, 0.5) is 9.59 Å². The van der Waals surface area contributed by atoms with E-state index in [-0.39, 0.29) is 19.7 Å². The van der Waals surface area contributed by atoms with Crippen LogP contribution in [-0.4, -0.2) is 58.7 Å². The lowest BCUT2D eigenvalue weighted by Gasteiger charge is -2.31. The first-order valence-electron chi connectivity index (χ1n) is 15.1. The van der Waals surface area contributed by atoms with E-state index in [1.807, 2.05) is 91.0 Å². The molecular formula is C36H42N4O6. The van der Waals surface area contributed by atoms with Gasteiger partial charge in [0.25, 0.3) is 0 Å². The molecule has 2 amide bonds. The Morgan fingerprint density at radius 2 is 1.54 bits per heavy atom. The number of carbonyl (C=O) groups excluding carboxylic acids is 2. The van der Waals surface area contributed by atoms with E-state index in [9.17, 15) is 14.7 Å². The Kier molecular flexibility index (Phi) is 12.1. The highest BCUT2D eigenvalue weighted by Crippen LogP contribution is 2.20. The average Bonchev–Trinajstić information content (AvgIpc) is 3.04. The number of hydrogen-bond donors (Lipinski definition) is 3. The Hall–Kier alpha value is -4.93. The molecule has 3 aromatic carbocycles. The third kappa shape index (κ3) is 11.2. The van der Waals surface area contributed by atoms with Crippen molar-refractivity contribution in [2.45, 2.75) is 58.1 Å². The Morgan fingerprint density at radius 1 is 0.848 bits per heavy atom. The van der Waals surface area contributed by atoms with E-state index in [1.165, 1.54) is 0 Å². The quantitative estimate of drug-likeness (QED) is 0.157. The molecule has 2 atom stereocenters. The van der Waals surface area contributed by atoms with Crippen molar-refractivity contribution >= 4 is 12.2 Å². The first-order chi connectivity index (χ1) is 22.1. The lowest BCUT2D eigenvalue weighted by atomic mass is 10.0. The van der Waals surface area contributed by atoms with Crippen LogP contribution in [0.3, 0.4) is 0 Å². The smallest absolute Gasteiger partial charge is 0.422 e. The van der Waals surface area contributed by atoms with Gasteiger partial charge in [-0.1, -0.05) is 72.8 Å². The number of aliphatic hydroxyl groups excluding tert-OH is 1. The maximum absolute atomic E-state index is 12.9. The summed E-state index contributed by atoms with van der Waals surface area (Å²) in [5.74, 6) is 0.694. The molecule has 0 saturated carbocycles. The van der Waals surface area contributed by atoms with E-state index in [1.54, 1.807) is 45.3 Å². The highest BCUT2D eigenvalue weighted by atomic mass is 16.6. The van der Waals surface area contributed by atoms with Gasteiger partial charge >= 0.3 is 12.2 Å². The zero-order chi connectivity index (χ0) is 32.9. The minimum absolute atomic E-state index is 0.0264. The van der Waals surface area contributed by atoms with Gasteiger partial charge in [-0.15, -0.1) is 0 Å². The van der Waals surface area contributed by atoms with Gasteiger partial charge in [-0.3, -0.25) is 10.4 Å². The van der Waals surface area contributed by atoms with Crippen molar-refractivity contribution in [3.63, 3.8) is 0 Å². The maximum atomic E-state index is 12.9. The first kappa shape index (κ1) is 34.0. The summed E-state index contributed by atoms with van der Waals surface area (Å²) in [7, 11) is 1.59. The molecule has 0 aliphatic rings. The number of hydrogen-bond acceptors (Lipinski definition) is 8. The summed E-state index contributed by atoms with van der Waals surface area (Å²) in [5, 5.41) is 15.9. The molecular weight excluding hydrogens is 584 g/mol. The van der Waals surface area contributed by atoms with Crippen LogP contribution in [0.1, 0.15) is 37.5 Å². The molecule has 0 fully saturated rings. The maximum Gasteiger partial charge on any atom is 0.422 e. The van der Waals surface area contributed by atoms with Gasteiger partial charge in [0.05, 0.1) is 19.3 Å². The molecule has 0 aliphatic heterocycles. The summed E-state index contributed by atoms with van der Waals surface area (Å²) in [6.07, 6.45) is 1.38. The molecule has 46 heavy (non-hydrogen) atoms. The van der Waals surface area contributed by atoms with Gasteiger partial charge in [-0.2, -0.15) is 0 Å². The number of hydrazine groups is 1. The lowest BCUT2D eigenvalue weighted by Crippen LogP contribution is -2.53. The van der Waals surface area contributed by atoms with Gasteiger partial charge in [-0.05, 0) is 73.2 Å². The molecule has 10 nitrogen and oxygen atoms in total. The molecule has 3 N–H and O–H groups in total. The number of benzene rings is 3. The van der Waals surface area contributed by atoms with Crippen molar-refractivity contribution < 1.29 is 28.9 Å². The number of amides is 2. The predicted octanol–water partition coefficient (Wildman–Crippen LogP) is 5.90. The molecule has 0 spiro atoms. The number of alkyl carbamates (subject to hydrolysis) is 1. The summed E-state index contributed by atoms with van der Waals surface area (Å²) in [5.41, 5.74) is 6.64. The summed E-state index contributed by atoms with van der Waals surface area (Å²) >= 11 is 0. The van der Waals surface area contributed by atoms with Crippen LogP contribution in [0.5, 0.6) is 5.75 Å². The fourth-order valence-corrected chi connectivity index (χ4v) is 4.70. The normalized spacial score (nSPS) is 12.6. The monoisotopic (exact) mass is 626 g/mol. The molecule has 0 unspecified atom stereocenters. The zero-order valence-electron chi connectivity index (χ0n) is 26.7. The highest BCUT2D eigenvalue weighted by molar-refractivity contribution is 5.68. The Balaban J connectivity index is 1.52. The molecule has 10 heteroatoms. The molecule has 1 aromatic heterocycles. The largest absolute Gasteiger partial charge is 0.497 e. The van der Waals surface area contributed by atoms with Crippen molar-refractivity contribution in [2.24, 2.45) is 0 Å². The van der Waals surface area contributed by atoms with Gasteiger partial charge in [0, 0.05) is 25.5 Å². The van der Waals surface area contributed by atoms with Gasteiger partial charge in [0.2, 0.25) is 0 Å². The molecule has 4 rings (SSSR count). The zero-order valence-corrected chi connectivity index (χ0v) is 26.7. The van der Waals surface area contributed by atoms with Crippen molar-refractivity contribution in [2.75, 3.05) is 13.7 Å². The number of methoxy groups -OCH3 is 1. The van der Waals surface area contributed by atoms with Gasteiger partial charge in [0.1, 0.15) is 18.0 Å². The molecule has 0 radical (unpaired) electrons. The summed E-state index contributed by atoms with van der Waals surface area (Å²) < 4.78 is 16.2. The predicted molar refractivity (Wildman–Crippen MR) is 176 cm³/mol. The van der Waals surface area contributed by atoms with Crippen LogP contribution >= 0.6 is 0 Å². The number of aliphatic hydroxyl groups is 1. The second-order valence-electron chi connectivity index (χ2n) is 11.9. The van der Waals surface area contributed by atoms with E-state index >= 15 is 0 Å². The fourth-order valence-electron chi connectivity index (χ4n) is 4.70. The summed E-state index contributed by atoms with van der Waals surface area (Å²) in [6, 6.07) is 27.7. The van der Waals surface area contributed by atoms with Crippen LogP contribution in [0.2, 0.25) is 0 Å². The van der Waals surface area contributed by atoms with Crippen LogP contribution < -0.4 is 15.5 Å². The molecule has 4 aromatic rings. The Labute approximate surface area is 270 Å². The Bertz CT molecular complexity index is 1510. The third-order valence-electron chi connectivity index (χ3n) is 6.97. The van der Waals surface area contributed by atoms with Crippen molar-refractivity contribution in [1.82, 2.24) is 20.7 Å². The van der Waals surface area contributed by atoms with E-state index in [2.05, 4.69) is 15.7 Å². The van der Waals surface area contributed by atoms with Gasteiger partial charge in [-0.25, -0.2) is 14.6 Å². The molecule has 0 saturated heterocycles. The first-order valence-corrected chi connectivity index (χ1v) is 15.1. The summed E-state index contributed by atoms with van der Waals surface area (Å²) in [6.45, 7) is 5.63. The van der Waals surface area contributed by atoms with E-state index in [4.69, 9.17) is 14.2 Å². The molecule has 0 aliphatic carbocycles. The van der Waals surface area contributed by atoms with Crippen molar-refractivity contribution in [3.8, 4) is 16.9 Å². The number of carbonyl (C=O) groups is 2. The molecule has 1 heterocycles. The van der Waals surface area contributed by atoms with Crippen molar-refractivity contribution in [1.29, 1.82) is 0 Å². The number of ether oxygens (including phenoxy) is 3. The fraction of sp³-hybridized carbons (Fsp3) is 0.306. The van der Waals surface area contributed by atoms with Gasteiger partial charge in [0.15, 0.2) is 0 Å². The lowest BCUT2D eigenvalue weighted by molar-refractivity contribution is 0.0263. The number of aromatic nitrogens is 1. The third-order valence-corrected chi connectivity index (χ3v) is 6.97. The number of nitrogens with one attached hydrogen (secondary N) is 2. The average molecular weight is 627 g/mol. The standard InChI is InChI=1S/C36H42N4O6/c1-36(2,3)46-34(42)38-32(21-26-14-18-31(44-4)19-15-26)33(41)24-40(39-35(43)45-25-28-9-6-5-7-10-28)23-27-12-16-29(17-13-27)30-11-8-20-37-22-30/h5-20,22,32-33,41H,21,23-25H2,1-4H3,(H,38,42)(H,39,43)/t32-,33-/m0/s1. The topological polar surface area (TPSA) is 122 Å². The minimum atomic E-state index is -1.11. The van der Waals surface area contributed by atoms with Crippen LogP contribution in [-0.2, 0) is 29.0 Å². The van der Waals surface area contributed by atoms with Crippen molar-refractivity contribution in [3.05, 3.63) is 120 Å². The Morgan fingerprint density at radius 3 is 2.17 bits per heavy atom. The van der Waals surface area contributed by atoms with Crippen LogP contribution in [0.15, 0.2) is 103 Å². The van der Waals surface area contributed by atoms with E-state index < -0.39 is 29.9 Å². The number of pyridine rings is 1. The minimum Gasteiger partial charge on any atom is -0.497 e. The van der Waals surface area contributed by atoms with Crippen LogP contribution in [0, 0.1) is 0 Å². The molecule has 0 bridgehead atoms. The molecule has 242 valence electrons. The number of rotatable bonds is 13. The number of nitrogens with zero attached hydrogens (tertiary/aromatic N) is 2. The SMILES string of the molecule is COc1ccc(C[C@H](NC(=O)OC(C)(C)C)[C@@H](O)CN(Cc2ccc(-c3cccnc3)cc2)NC(=O)OCc2ccccc2)cc1. The summed E-state index contributed by atoms with van der Waals surface area (Å²) in [4.78, 5) is 29.9. The van der Waals surface area contributed by atoms with Gasteiger partial charge < -0.3 is 24.6 Å².